The predicted molar refractivity (Wildman–Crippen MR) is 103 cm³/mol. The maximum Gasteiger partial charge on any atom is 0.400 e. The maximum absolute atomic E-state index is 14.1. The molecule has 1 amide bonds. The molecule has 3 aromatic rings. The Kier molecular flexibility index (Phi) is 5.66. The molecule has 0 saturated carbocycles. The molecule has 0 spiro atoms. The molecule has 3 rings (SSSR count). The van der Waals surface area contributed by atoms with Crippen molar-refractivity contribution in [3.63, 3.8) is 0 Å². The van der Waals surface area contributed by atoms with Crippen LogP contribution in [0.25, 0.3) is 10.1 Å². The van der Waals surface area contributed by atoms with Gasteiger partial charge in [0.15, 0.2) is 0 Å². The number of hydrogen-bond acceptors (Lipinski definition) is 5. The van der Waals surface area contributed by atoms with Gasteiger partial charge in [0.2, 0.25) is 0 Å². The first kappa shape index (κ1) is 20.9. The molecule has 0 aliphatic rings. The van der Waals surface area contributed by atoms with Gasteiger partial charge in [-0.25, -0.2) is 9.97 Å². The lowest BCUT2D eigenvalue weighted by atomic mass is 10.1. The van der Waals surface area contributed by atoms with E-state index in [-0.39, 0.29) is 21.5 Å². The van der Waals surface area contributed by atoms with Crippen molar-refractivity contribution in [2.45, 2.75) is 18.6 Å². The van der Waals surface area contributed by atoms with Crippen LogP contribution >= 0.6 is 34.9 Å². The van der Waals surface area contributed by atoms with Crippen LogP contribution in [0.5, 0.6) is 0 Å². The number of hydrogen-bond donors (Lipinski definition) is 3. The highest BCUT2D eigenvalue weighted by Gasteiger charge is 2.53. The van der Waals surface area contributed by atoms with Gasteiger partial charge in [-0.3, -0.25) is 9.36 Å². The summed E-state index contributed by atoms with van der Waals surface area (Å²) in [5, 5.41) is 3.02. The average Bonchev–Trinajstić information content (AvgIpc) is 2.98. The summed E-state index contributed by atoms with van der Waals surface area (Å²) < 4.78 is 39.6. The Hall–Kier alpha value is -1.78. The summed E-state index contributed by atoms with van der Waals surface area (Å²) in [6, 6.07) is 3.91. The highest BCUT2D eigenvalue weighted by Crippen LogP contribution is 2.62. The Morgan fingerprint density at radius 3 is 2.57 bits per heavy atom. The molecule has 0 bridgehead atoms. The Labute approximate surface area is 170 Å². The van der Waals surface area contributed by atoms with Gasteiger partial charge in [-0.1, -0.05) is 0 Å². The van der Waals surface area contributed by atoms with Crippen LogP contribution in [0.4, 0.5) is 8.78 Å². The van der Waals surface area contributed by atoms with Gasteiger partial charge in [0, 0.05) is 38.1 Å². The van der Waals surface area contributed by atoms with Crippen molar-refractivity contribution >= 4 is 50.9 Å². The van der Waals surface area contributed by atoms with Gasteiger partial charge in [0.1, 0.15) is 11.2 Å². The first-order valence-corrected chi connectivity index (χ1v) is 11.0. The molecule has 1 aromatic carbocycles. The molecule has 0 fully saturated rings. The number of nitrogens with zero attached hydrogens (tertiary/aromatic N) is 2. The topological polar surface area (TPSA) is 112 Å². The van der Waals surface area contributed by atoms with E-state index in [1.165, 1.54) is 24.5 Å². The summed E-state index contributed by atoms with van der Waals surface area (Å²) >= 11 is 3.54. The minimum absolute atomic E-state index is 0.153. The summed E-state index contributed by atoms with van der Waals surface area (Å²) in [4.78, 5) is 37.4. The smallest absolute Gasteiger partial charge is 0.345 e. The monoisotopic (exact) mass is 491 g/mol. The van der Waals surface area contributed by atoms with Crippen molar-refractivity contribution in [2.75, 3.05) is 0 Å². The molecule has 0 aliphatic heterocycles. The maximum atomic E-state index is 14.1. The van der Waals surface area contributed by atoms with Crippen LogP contribution in [0.3, 0.4) is 0 Å². The van der Waals surface area contributed by atoms with E-state index < -0.39 is 24.0 Å². The van der Waals surface area contributed by atoms with Crippen molar-refractivity contribution in [2.24, 2.45) is 0 Å². The molecule has 0 radical (unpaired) electrons. The van der Waals surface area contributed by atoms with E-state index in [2.05, 4.69) is 31.2 Å². The van der Waals surface area contributed by atoms with E-state index in [4.69, 9.17) is 9.79 Å². The largest absolute Gasteiger partial charge is 0.400 e. The lowest BCUT2D eigenvalue weighted by Gasteiger charge is -2.16. The second kappa shape index (κ2) is 7.57. The summed E-state index contributed by atoms with van der Waals surface area (Å²) in [7, 11) is -5.70. The second-order valence-corrected chi connectivity index (χ2v) is 9.40. The van der Waals surface area contributed by atoms with E-state index in [0.717, 1.165) is 0 Å². The number of rotatable bonds is 5. The lowest BCUT2D eigenvalue weighted by molar-refractivity contribution is 0.0595. The van der Waals surface area contributed by atoms with Gasteiger partial charge >= 0.3 is 13.3 Å². The molecule has 28 heavy (non-hydrogen) atoms. The fourth-order valence-corrected chi connectivity index (χ4v) is 5.36. The molecule has 0 saturated heterocycles. The van der Waals surface area contributed by atoms with Crippen molar-refractivity contribution in [1.82, 2.24) is 15.3 Å². The normalized spacial score (nSPS) is 13.5. The number of thiophene rings is 1. The molecule has 0 aliphatic carbocycles. The van der Waals surface area contributed by atoms with Crippen molar-refractivity contribution < 1.29 is 27.9 Å². The van der Waals surface area contributed by atoms with Crippen LogP contribution in [0.2, 0.25) is 0 Å². The highest BCUT2D eigenvalue weighted by molar-refractivity contribution is 9.10. The standard InChI is InChI=1S/C16H13BrF2N3O4PS/c1-8(10-5-20-7-21-6-10)22-15(23)9-2-3-12-11(4-9)13(17)14(28-12)16(18,19)27(24,25)26/h2-8H,1H3,(H,22,23)(H2,24,25,26). The number of aromatic nitrogens is 2. The average molecular weight is 492 g/mol. The number of benzene rings is 1. The van der Waals surface area contributed by atoms with Crippen LogP contribution in [-0.4, -0.2) is 25.7 Å². The molecular formula is C16H13BrF2N3O4PS. The van der Waals surface area contributed by atoms with E-state index >= 15 is 0 Å². The summed E-state index contributed by atoms with van der Waals surface area (Å²) in [5.41, 5.74) is -3.43. The van der Waals surface area contributed by atoms with Crippen LogP contribution in [0.1, 0.15) is 33.8 Å². The third-order valence-electron chi connectivity index (χ3n) is 3.96. The Morgan fingerprint density at radius 1 is 1.32 bits per heavy atom. The number of amides is 1. The Bertz CT molecular complexity index is 1090. The van der Waals surface area contributed by atoms with Crippen molar-refractivity contribution in [3.8, 4) is 0 Å². The Balaban J connectivity index is 1.93. The molecule has 148 valence electrons. The molecule has 1 unspecified atom stereocenters. The quantitative estimate of drug-likeness (QED) is 0.461. The van der Waals surface area contributed by atoms with E-state index in [1.807, 2.05) is 0 Å². The van der Waals surface area contributed by atoms with Crippen LogP contribution in [-0.2, 0) is 10.2 Å². The van der Waals surface area contributed by atoms with Crippen molar-refractivity contribution in [1.29, 1.82) is 0 Å². The number of halogens is 3. The third kappa shape index (κ3) is 3.85. The minimum atomic E-state index is -5.70. The zero-order valence-electron chi connectivity index (χ0n) is 14.1. The fourth-order valence-electron chi connectivity index (χ4n) is 2.43. The van der Waals surface area contributed by atoms with Gasteiger partial charge in [-0.2, -0.15) is 8.78 Å². The summed E-state index contributed by atoms with van der Waals surface area (Å²) in [6.07, 6.45) is 4.49. The molecule has 1 atom stereocenters. The lowest BCUT2D eigenvalue weighted by Crippen LogP contribution is -2.26. The molecule has 2 heterocycles. The van der Waals surface area contributed by atoms with Crippen LogP contribution in [0.15, 0.2) is 41.4 Å². The van der Waals surface area contributed by atoms with E-state index in [1.54, 1.807) is 19.3 Å². The number of nitrogens with one attached hydrogen (secondary N) is 1. The molecule has 2 aromatic heterocycles. The molecular weight excluding hydrogens is 479 g/mol. The highest BCUT2D eigenvalue weighted by atomic mass is 79.9. The van der Waals surface area contributed by atoms with E-state index in [9.17, 15) is 18.1 Å². The molecule has 7 nitrogen and oxygen atoms in total. The zero-order chi connectivity index (χ0) is 20.7. The number of alkyl halides is 2. The second-order valence-electron chi connectivity index (χ2n) is 5.91. The first-order chi connectivity index (χ1) is 13.0. The Morgan fingerprint density at radius 2 is 1.96 bits per heavy atom. The van der Waals surface area contributed by atoms with Gasteiger partial charge in [-0.15, -0.1) is 11.3 Å². The van der Waals surface area contributed by atoms with Crippen LogP contribution < -0.4 is 5.32 Å². The number of fused-ring (bicyclic) bond motifs is 1. The fraction of sp³-hybridized carbons (Fsp3) is 0.188. The zero-order valence-corrected chi connectivity index (χ0v) is 17.4. The predicted octanol–water partition coefficient (Wildman–Crippen LogP) is 4.17. The van der Waals surface area contributed by atoms with Crippen LogP contribution in [0, 0.1) is 0 Å². The van der Waals surface area contributed by atoms with Gasteiger partial charge < -0.3 is 15.1 Å². The van der Waals surface area contributed by atoms with Gasteiger partial charge in [0.25, 0.3) is 5.91 Å². The molecule has 3 N–H and O–H groups in total. The number of carbonyl (C=O) groups is 1. The van der Waals surface area contributed by atoms with Gasteiger partial charge in [0.05, 0.1) is 6.04 Å². The minimum Gasteiger partial charge on any atom is -0.345 e. The molecule has 12 heteroatoms. The summed E-state index contributed by atoms with van der Waals surface area (Å²) in [5.74, 6) is -0.445. The SMILES string of the molecule is CC(NC(=O)c1ccc2sc(C(F)(F)P(=O)(O)O)c(Br)c2c1)c1cncnc1. The van der Waals surface area contributed by atoms with Gasteiger partial charge in [-0.05, 0) is 41.1 Å². The number of carbonyl (C=O) groups excluding carboxylic acids is 1. The summed E-state index contributed by atoms with van der Waals surface area (Å²) in [6.45, 7) is 1.74. The first-order valence-electron chi connectivity index (χ1n) is 7.74. The van der Waals surface area contributed by atoms with Crippen molar-refractivity contribution in [3.05, 3.63) is 57.4 Å². The third-order valence-corrected chi connectivity index (χ3v) is 7.39. The van der Waals surface area contributed by atoms with E-state index in [0.29, 0.717) is 21.6 Å².